The van der Waals surface area contributed by atoms with E-state index in [0.717, 1.165) is 10.6 Å². The molecule has 0 aliphatic rings. The molecular weight excluding hydrogens is 302 g/mol. The van der Waals surface area contributed by atoms with E-state index < -0.39 is 5.91 Å². The molecule has 0 saturated carbocycles. The Balaban J connectivity index is 1.73. The highest BCUT2D eigenvalue weighted by atomic mass is 32.1. The molecule has 0 aliphatic heterocycles. The molecule has 0 atom stereocenters. The van der Waals surface area contributed by atoms with E-state index >= 15 is 0 Å². The largest absolute Gasteiger partial charge is 0.494 e. The summed E-state index contributed by atoms with van der Waals surface area (Å²) >= 11 is 1.33. The average Bonchev–Trinajstić information content (AvgIpc) is 3.04. The maximum absolute atomic E-state index is 12.0. The minimum Gasteiger partial charge on any atom is -0.494 e. The molecule has 7 nitrogen and oxygen atoms in total. The second kappa shape index (κ2) is 6.27. The summed E-state index contributed by atoms with van der Waals surface area (Å²) in [5.41, 5.74) is 0.807. The molecule has 1 amide bonds. The molecule has 3 rings (SSSR count). The van der Waals surface area contributed by atoms with Gasteiger partial charge in [-0.2, -0.15) is 0 Å². The summed E-state index contributed by atoms with van der Waals surface area (Å²) in [4.78, 5) is 29.2. The molecule has 22 heavy (non-hydrogen) atoms. The molecule has 3 aromatic heterocycles. The van der Waals surface area contributed by atoms with Gasteiger partial charge in [-0.25, -0.2) is 15.0 Å². The predicted molar refractivity (Wildman–Crippen MR) is 81.9 cm³/mol. The molecule has 3 heterocycles. The van der Waals surface area contributed by atoms with Crippen LogP contribution in [0.3, 0.4) is 0 Å². The summed E-state index contributed by atoms with van der Waals surface area (Å²) in [6, 6.07) is 5.62. The van der Waals surface area contributed by atoms with Gasteiger partial charge in [0.25, 0.3) is 5.91 Å². The fourth-order valence-corrected chi connectivity index (χ4v) is 2.44. The molecule has 8 heteroatoms. The summed E-state index contributed by atoms with van der Waals surface area (Å²) in [6.07, 6.45) is 6.24. The lowest BCUT2D eigenvalue weighted by molar-refractivity contribution is 0.101. The van der Waals surface area contributed by atoms with Gasteiger partial charge in [0, 0.05) is 12.4 Å². The smallest absolute Gasteiger partial charge is 0.295 e. The SMILES string of the molecule is COc1cnc(C(=O)Nc2ncc(-c3ccccn3)s2)nc1. The zero-order valence-corrected chi connectivity index (χ0v) is 12.4. The molecule has 0 saturated heterocycles. The van der Waals surface area contributed by atoms with Crippen LogP contribution in [0.5, 0.6) is 5.75 Å². The van der Waals surface area contributed by atoms with Crippen LogP contribution in [0.1, 0.15) is 10.6 Å². The number of carbonyl (C=O) groups excluding carboxylic acids is 1. The van der Waals surface area contributed by atoms with E-state index in [1.807, 2.05) is 18.2 Å². The molecule has 0 fully saturated rings. The lowest BCUT2D eigenvalue weighted by Gasteiger charge is -2.01. The molecule has 3 aromatic rings. The van der Waals surface area contributed by atoms with Crippen molar-refractivity contribution in [3.8, 4) is 16.3 Å². The van der Waals surface area contributed by atoms with E-state index in [1.54, 1.807) is 12.4 Å². The maximum Gasteiger partial charge on any atom is 0.295 e. The number of carbonyl (C=O) groups is 1. The number of hydrogen-bond donors (Lipinski definition) is 1. The summed E-state index contributed by atoms with van der Waals surface area (Å²) in [5.74, 6) is 0.114. The van der Waals surface area contributed by atoms with Crippen LogP contribution in [0, 0.1) is 0 Å². The fourth-order valence-electron chi connectivity index (χ4n) is 1.65. The summed E-state index contributed by atoms with van der Waals surface area (Å²) in [6.45, 7) is 0. The molecule has 0 aliphatic carbocycles. The van der Waals surface area contributed by atoms with Gasteiger partial charge in [-0.1, -0.05) is 17.4 Å². The molecule has 0 spiro atoms. The zero-order valence-electron chi connectivity index (χ0n) is 11.6. The normalized spacial score (nSPS) is 10.2. The molecule has 0 unspecified atom stereocenters. The summed E-state index contributed by atoms with van der Waals surface area (Å²) < 4.78 is 4.95. The van der Waals surface area contributed by atoms with Gasteiger partial charge in [0.2, 0.25) is 5.82 Å². The number of hydrogen-bond acceptors (Lipinski definition) is 7. The van der Waals surface area contributed by atoms with Crippen molar-refractivity contribution in [1.82, 2.24) is 19.9 Å². The Morgan fingerprint density at radius 3 is 2.64 bits per heavy atom. The van der Waals surface area contributed by atoms with Gasteiger partial charge >= 0.3 is 0 Å². The first-order valence-corrected chi connectivity index (χ1v) is 7.12. The third kappa shape index (κ3) is 3.07. The van der Waals surface area contributed by atoms with E-state index in [2.05, 4.69) is 25.3 Å². The number of amides is 1. The van der Waals surface area contributed by atoms with Crippen molar-refractivity contribution in [3.05, 3.63) is 48.8 Å². The first-order valence-electron chi connectivity index (χ1n) is 6.31. The van der Waals surface area contributed by atoms with Crippen LogP contribution in [-0.2, 0) is 0 Å². The Morgan fingerprint density at radius 2 is 1.95 bits per heavy atom. The number of pyridine rings is 1. The number of thiazole rings is 1. The Kier molecular flexibility index (Phi) is 4.01. The average molecular weight is 313 g/mol. The van der Waals surface area contributed by atoms with Crippen molar-refractivity contribution in [1.29, 1.82) is 0 Å². The van der Waals surface area contributed by atoms with Crippen molar-refractivity contribution in [3.63, 3.8) is 0 Å². The van der Waals surface area contributed by atoms with Crippen LogP contribution in [0.2, 0.25) is 0 Å². The van der Waals surface area contributed by atoms with Gasteiger partial charge < -0.3 is 4.74 Å². The number of aromatic nitrogens is 4. The van der Waals surface area contributed by atoms with Crippen molar-refractivity contribution in [2.75, 3.05) is 12.4 Å². The highest BCUT2D eigenvalue weighted by Crippen LogP contribution is 2.27. The lowest BCUT2D eigenvalue weighted by atomic mass is 10.3. The van der Waals surface area contributed by atoms with Gasteiger partial charge in [0.05, 0.1) is 30.1 Å². The molecular formula is C14H11N5O2S. The summed E-state index contributed by atoms with van der Waals surface area (Å²) in [7, 11) is 1.51. The van der Waals surface area contributed by atoms with E-state index in [9.17, 15) is 4.79 Å². The summed E-state index contributed by atoms with van der Waals surface area (Å²) in [5, 5.41) is 3.12. The second-order valence-electron chi connectivity index (χ2n) is 4.15. The van der Waals surface area contributed by atoms with E-state index in [-0.39, 0.29) is 5.82 Å². The van der Waals surface area contributed by atoms with Crippen LogP contribution in [0.4, 0.5) is 5.13 Å². The molecule has 0 aromatic carbocycles. The monoisotopic (exact) mass is 313 g/mol. The van der Waals surface area contributed by atoms with E-state index in [1.165, 1.54) is 30.8 Å². The Hall–Kier alpha value is -2.87. The first kappa shape index (κ1) is 14.1. The van der Waals surface area contributed by atoms with Crippen LogP contribution in [0.15, 0.2) is 43.0 Å². The van der Waals surface area contributed by atoms with Gasteiger partial charge in [-0.15, -0.1) is 0 Å². The highest BCUT2D eigenvalue weighted by molar-refractivity contribution is 7.19. The molecule has 1 N–H and O–H groups in total. The first-order chi connectivity index (χ1) is 10.8. The minimum absolute atomic E-state index is 0.0513. The van der Waals surface area contributed by atoms with Gasteiger partial charge in [0.15, 0.2) is 10.9 Å². The molecule has 110 valence electrons. The Labute approximate surface area is 130 Å². The van der Waals surface area contributed by atoms with Crippen molar-refractivity contribution >= 4 is 22.4 Å². The van der Waals surface area contributed by atoms with Crippen LogP contribution in [-0.4, -0.2) is 33.0 Å². The van der Waals surface area contributed by atoms with Gasteiger partial charge in [-0.3, -0.25) is 15.1 Å². The van der Waals surface area contributed by atoms with Crippen molar-refractivity contribution < 1.29 is 9.53 Å². The second-order valence-corrected chi connectivity index (χ2v) is 5.18. The molecule has 0 bridgehead atoms. The van der Waals surface area contributed by atoms with E-state index in [0.29, 0.717) is 10.9 Å². The van der Waals surface area contributed by atoms with Gasteiger partial charge in [-0.05, 0) is 12.1 Å². The Morgan fingerprint density at radius 1 is 1.14 bits per heavy atom. The van der Waals surface area contributed by atoms with Crippen LogP contribution < -0.4 is 10.1 Å². The third-order valence-electron chi connectivity index (χ3n) is 2.71. The third-order valence-corrected chi connectivity index (χ3v) is 3.65. The van der Waals surface area contributed by atoms with Crippen LogP contribution in [0.25, 0.3) is 10.6 Å². The van der Waals surface area contributed by atoms with E-state index in [4.69, 9.17) is 4.74 Å². The number of ether oxygens (including phenoxy) is 1. The minimum atomic E-state index is -0.426. The predicted octanol–water partition coefficient (Wildman–Crippen LogP) is 2.26. The number of methoxy groups -OCH3 is 1. The number of rotatable bonds is 4. The topological polar surface area (TPSA) is 89.9 Å². The number of anilines is 1. The van der Waals surface area contributed by atoms with Crippen molar-refractivity contribution in [2.45, 2.75) is 0 Å². The molecule has 0 radical (unpaired) electrons. The maximum atomic E-state index is 12.0. The quantitative estimate of drug-likeness (QED) is 0.794. The lowest BCUT2D eigenvalue weighted by Crippen LogP contribution is -2.15. The number of nitrogens with one attached hydrogen (secondary N) is 1. The number of nitrogens with zero attached hydrogens (tertiary/aromatic N) is 4. The van der Waals surface area contributed by atoms with Crippen LogP contribution >= 0.6 is 11.3 Å². The van der Waals surface area contributed by atoms with Gasteiger partial charge in [0.1, 0.15) is 0 Å². The van der Waals surface area contributed by atoms with Crippen molar-refractivity contribution in [2.24, 2.45) is 0 Å². The Bertz CT molecular complexity index is 773. The standard InChI is InChI=1S/C14H11N5O2S/c1-21-9-6-16-12(17-7-9)13(20)19-14-18-8-11(22-14)10-4-2-3-5-15-10/h2-8H,1H3,(H,18,19,20). The fraction of sp³-hybridized carbons (Fsp3) is 0.0714. The zero-order chi connectivity index (χ0) is 15.4. The highest BCUT2D eigenvalue weighted by Gasteiger charge is 2.12.